The van der Waals surface area contributed by atoms with Gasteiger partial charge in [-0.15, -0.1) is 0 Å². The van der Waals surface area contributed by atoms with Crippen LogP contribution in [-0.2, 0) is 6.54 Å². The molecule has 2 aromatic rings. The topological polar surface area (TPSA) is 40.7 Å². The summed E-state index contributed by atoms with van der Waals surface area (Å²) >= 11 is 0. The van der Waals surface area contributed by atoms with Crippen LogP contribution in [0.3, 0.4) is 0 Å². The van der Waals surface area contributed by atoms with Gasteiger partial charge in [0.1, 0.15) is 0 Å². The molecule has 2 N–H and O–H groups in total. The summed E-state index contributed by atoms with van der Waals surface area (Å²) in [7, 11) is 0. The van der Waals surface area contributed by atoms with Crippen molar-refractivity contribution in [1.82, 2.24) is 15.5 Å². The molecule has 0 bridgehead atoms. The minimum Gasteiger partial charge on any atom is -0.306 e. The highest BCUT2D eigenvalue weighted by Gasteiger charge is 2.14. The molecular formula is C14H19N3. The number of nitrogens with one attached hydrogen (secondary N) is 2. The van der Waals surface area contributed by atoms with E-state index in [-0.39, 0.29) is 0 Å². The van der Waals surface area contributed by atoms with E-state index in [1.165, 1.54) is 11.1 Å². The third kappa shape index (κ3) is 3.17. The maximum absolute atomic E-state index is 3.95. The zero-order valence-electron chi connectivity index (χ0n) is 10.4. The predicted molar refractivity (Wildman–Crippen MR) is 69.4 cm³/mol. The van der Waals surface area contributed by atoms with Crippen LogP contribution in [0, 0.1) is 5.92 Å². The normalized spacial score (nSPS) is 12.9. The Morgan fingerprint density at radius 3 is 2.59 bits per heavy atom. The zero-order chi connectivity index (χ0) is 12.1. The molecule has 1 heterocycles. The Kier molecular flexibility index (Phi) is 3.94. The first-order valence-corrected chi connectivity index (χ1v) is 6.03. The van der Waals surface area contributed by atoms with Gasteiger partial charge in [-0.3, -0.25) is 5.10 Å². The SMILES string of the molecule is CC(C)C(NCc1cn[nH]c1)c1ccccc1. The van der Waals surface area contributed by atoms with Crippen LogP contribution in [0.15, 0.2) is 42.7 Å². The first-order valence-electron chi connectivity index (χ1n) is 6.03. The van der Waals surface area contributed by atoms with Crippen LogP contribution in [0.2, 0.25) is 0 Å². The first-order chi connectivity index (χ1) is 8.27. The van der Waals surface area contributed by atoms with Gasteiger partial charge in [-0.05, 0) is 11.5 Å². The summed E-state index contributed by atoms with van der Waals surface area (Å²) in [5.74, 6) is 0.560. The summed E-state index contributed by atoms with van der Waals surface area (Å²) in [5.41, 5.74) is 2.53. The van der Waals surface area contributed by atoms with E-state index in [0.29, 0.717) is 12.0 Å². The van der Waals surface area contributed by atoms with Crippen molar-refractivity contribution in [2.75, 3.05) is 0 Å². The molecule has 1 aromatic carbocycles. The Labute approximate surface area is 102 Å². The molecule has 17 heavy (non-hydrogen) atoms. The van der Waals surface area contributed by atoms with Gasteiger partial charge < -0.3 is 5.32 Å². The number of aromatic amines is 1. The molecule has 3 nitrogen and oxygen atoms in total. The van der Waals surface area contributed by atoms with Crippen molar-refractivity contribution < 1.29 is 0 Å². The molecule has 0 amide bonds. The Hall–Kier alpha value is -1.61. The van der Waals surface area contributed by atoms with E-state index in [1.807, 2.05) is 12.4 Å². The molecule has 2 rings (SSSR count). The predicted octanol–water partition coefficient (Wildman–Crippen LogP) is 2.90. The molecule has 0 radical (unpaired) electrons. The Balaban J connectivity index is 2.03. The van der Waals surface area contributed by atoms with Crippen molar-refractivity contribution in [3.05, 3.63) is 53.9 Å². The summed E-state index contributed by atoms with van der Waals surface area (Å²) in [6.45, 7) is 5.31. The summed E-state index contributed by atoms with van der Waals surface area (Å²) in [6, 6.07) is 11.0. The van der Waals surface area contributed by atoms with E-state index in [0.717, 1.165) is 6.54 Å². The molecule has 1 atom stereocenters. The third-order valence-corrected chi connectivity index (χ3v) is 2.91. The van der Waals surface area contributed by atoms with Gasteiger partial charge in [-0.25, -0.2) is 0 Å². The van der Waals surface area contributed by atoms with Gasteiger partial charge in [0.2, 0.25) is 0 Å². The molecule has 1 unspecified atom stereocenters. The van der Waals surface area contributed by atoms with Gasteiger partial charge in [0.15, 0.2) is 0 Å². The molecule has 0 spiro atoms. The fourth-order valence-corrected chi connectivity index (χ4v) is 2.00. The lowest BCUT2D eigenvalue weighted by molar-refractivity contribution is 0.410. The second-order valence-corrected chi connectivity index (χ2v) is 4.62. The van der Waals surface area contributed by atoms with Crippen molar-refractivity contribution >= 4 is 0 Å². The second-order valence-electron chi connectivity index (χ2n) is 4.62. The molecule has 0 aliphatic heterocycles. The van der Waals surface area contributed by atoms with E-state index in [4.69, 9.17) is 0 Å². The molecule has 1 aromatic heterocycles. The first kappa shape index (κ1) is 11.9. The van der Waals surface area contributed by atoms with E-state index >= 15 is 0 Å². The van der Waals surface area contributed by atoms with Gasteiger partial charge in [-0.2, -0.15) is 5.10 Å². The highest BCUT2D eigenvalue weighted by molar-refractivity contribution is 5.19. The number of aromatic nitrogens is 2. The second kappa shape index (κ2) is 5.64. The molecule has 0 aliphatic carbocycles. The van der Waals surface area contributed by atoms with Crippen LogP contribution in [0.4, 0.5) is 0 Å². The lowest BCUT2D eigenvalue weighted by atomic mass is 9.96. The molecule has 3 heteroatoms. The van der Waals surface area contributed by atoms with Gasteiger partial charge in [0.05, 0.1) is 6.20 Å². The highest BCUT2D eigenvalue weighted by Crippen LogP contribution is 2.21. The van der Waals surface area contributed by atoms with Crippen molar-refractivity contribution in [2.24, 2.45) is 5.92 Å². The van der Waals surface area contributed by atoms with Crippen LogP contribution in [0.5, 0.6) is 0 Å². The quantitative estimate of drug-likeness (QED) is 0.827. The average molecular weight is 229 g/mol. The minimum absolute atomic E-state index is 0.381. The van der Waals surface area contributed by atoms with E-state index < -0.39 is 0 Å². The molecule has 0 fully saturated rings. The van der Waals surface area contributed by atoms with Crippen molar-refractivity contribution in [3.63, 3.8) is 0 Å². The van der Waals surface area contributed by atoms with Crippen molar-refractivity contribution in [2.45, 2.75) is 26.4 Å². The Morgan fingerprint density at radius 1 is 1.24 bits per heavy atom. The zero-order valence-corrected chi connectivity index (χ0v) is 10.4. The Morgan fingerprint density at radius 2 is 2.00 bits per heavy atom. The fraction of sp³-hybridized carbons (Fsp3) is 0.357. The number of nitrogens with zero attached hydrogens (tertiary/aromatic N) is 1. The van der Waals surface area contributed by atoms with Gasteiger partial charge in [-0.1, -0.05) is 44.2 Å². The van der Waals surface area contributed by atoms with E-state index in [1.54, 1.807) is 0 Å². The van der Waals surface area contributed by atoms with Crippen molar-refractivity contribution in [1.29, 1.82) is 0 Å². The number of rotatable bonds is 5. The smallest absolute Gasteiger partial charge is 0.0532 e. The van der Waals surface area contributed by atoms with Gasteiger partial charge in [0, 0.05) is 24.3 Å². The van der Waals surface area contributed by atoms with Crippen LogP contribution >= 0.6 is 0 Å². The average Bonchev–Trinajstić information content (AvgIpc) is 2.83. The standard InChI is InChI=1S/C14H19N3/c1-11(2)14(13-6-4-3-5-7-13)15-8-12-9-16-17-10-12/h3-7,9-11,14-15H,8H2,1-2H3,(H,16,17). The molecular weight excluding hydrogens is 210 g/mol. The summed E-state index contributed by atoms with van der Waals surface area (Å²) < 4.78 is 0. The summed E-state index contributed by atoms with van der Waals surface area (Å²) in [4.78, 5) is 0. The van der Waals surface area contributed by atoms with Gasteiger partial charge in [0.25, 0.3) is 0 Å². The third-order valence-electron chi connectivity index (χ3n) is 2.91. The number of benzene rings is 1. The lowest BCUT2D eigenvalue weighted by Crippen LogP contribution is -2.25. The van der Waals surface area contributed by atoms with E-state index in [9.17, 15) is 0 Å². The molecule has 90 valence electrons. The Bertz CT molecular complexity index is 420. The lowest BCUT2D eigenvalue weighted by Gasteiger charge is -2.22. The maximum Gasteiger partial charge on any atom is 0.0532 e. The van der Waals surface area contributed by atoms with Crippen LogP contribution in [0.25, 0.3) is 0 Å². The van der Waals surface area contributed by atoms with Gasteiger partial charge >= 0.3 is 0 Å². The largest absolute Gasteiger partial charge is 0.306 e. The molecule has 0 aliphatic rings. The number of H-pyrrole nitrogens is 1. The summed E-state index contributed by atoms with van der Waals surface area (Å²) in [5, 5.41) is 10.4. The fourth-order valence-electron chi connectivity index (χ4n) is 2.00. The van der Waals surface area contributed by atoms with Crippen LogP contribution in [-0.4, -0.2) is 10.2 Å². The summed E-state index contributed by atoms with van der Waals surface area (Å²) in [6.07, 6.45) is 3.78. The number of hydrogen-bond acceptors (Lipinski definition) is 2. The maximum atomic E-state index is 3.95. The molecule has 0 saturated heterocycles. The highest BCUT2D eigenvalue weighted by atomic mass is 15.1. The van der Waals surface area contributed by atoms with Crippen LogP contribution in [0.1, 0.15) is 31.0 Å². The van der Waals surface area contributed by atoms with Crippen molar-refractivity contribution in [3.8, 4) is 0 Å². The molecule has 0 saturated carbocycles. The monoisotopic (exact) mass is 229 g/mol. The minimum atomic E-state index is 0.381. The number of hydrogen-bond donors (Lipinski definition) is 2. The van der Waals surface area contributed by atoms with Crippen LogP contribution < -0.4 is 5.32 Å². The van der Waals surface area contributed by atoms with E-state index in [2.05, 4.69) is 59.7 Å².